The van der Waals surface area contributed by atoms with Crippen LogP contribution in [0.15, 0.2) is 42.6 Å². The maximum atomic E-state index is 13.5. The van der Waals surface area contributed by atoms with E-state index in [0.29, 0.717) is 0 Å². The second kappa shape index (κ2) is 8.42. The molecule has 0 saturated carbocycles. The van der Waals surface area contributed by atoms with Gasteiger partial charge in [-0.25, -0.2) is 4.39 Å². The van der Waals surface area contributed by atoms with Gasteiger partial charge in [-0.15, -0.1) is 0 Å². The Bertz CT molecular complexity index is 637. The normalized spacial score (nSPS) is 17.1. The second-order valence-electron chi connectivity index (χ2n) is 6.71. The Labute approximate surface area is 143 Å². The molecule has 4 nitrogen and oxygen atoms in total. The molecule has 1 unspecified atom stereocenters. The summed E-state index contributed by atoms with van der Waals surface area (Å²) in [6, 6.07) is 11.3. The van der Waals surface area contributed by atoms with Crippen molar-refractivity contribution in [3.05, 3.63) is 59.7 Å². The molecular formula is C19H28FN3O+2. The van der Waals surface area contributed by atoms with Crippen molar-refractivity contribution in [2.45, 2.75) is 13.1 Å². The van der Waals surface area contributed by atoms with Gasteiger partial charge in [-0.3, -0.25) is 0 Å². The van der Waals surface area contributed by atoms with Crippen molar-refractivity contribution in [1.82, 2.24) is 4.57 Å². The molecule has 0 bridgehead atoms. The SMILES string of the molecule is Cn1cccc1C[NH+](CC[NH+]1CCOCC1)Cc1cccc(F)c1. The first-order chi connectivity index (χ1) is 11.7. The lowest BCUT2D eigenvalue weighted by Crippen LogP contribution is -3.20. The van der Waals surface area contributed by atoms with Gasteiger partial charge in [-0.1, -0.05) is 12.1 Å². The molecule has 130 valence electrons. The van der Waals surface area contributed by atoms with Crippen LogP contribution < -0.4 is 9.80 Å². The number of quaternary nitrogens is 2. The molecule has 1 saturated heterocycles. The molecule has 0 amide bonds. The Hall–Kier alpha value is -1.69. The van der Waals surface area contributed by atoms with E-state index >= 15 is 0 Å². The van der Waals surface area contributed by atoms with Crippen LogP contribution in [0.4, 0.5) is 4.39 Å². The predicted octanol–water partition coefficient (Wildman–Crippen LogP) is -0.336. The molecule has 0 radical (unpaired) electrons. The van der Waals surface area contributed by atoms with Crippen LogP contribution in [0.1, 0.15) is 11.3 Å². The Morgan fingerprint density at radius 3 is 2.71 bits per heavy atom. The number of rotatable bonds is 7. The summed E-state index contributed by atoms with van der Waals surface area (Å²) < 4.78 is 21.1. The van der Waals surface area contributed by atoms with E-state index in [1.54, 1.807) is 17.0 Å². The maximum absolute atomic E-state index is 13.5. The topological polar surface area (TPSA) is 23.0 Å². The number of aryl methyl sites for hydroxylation is 1. The quantitative estimate of drug-likeness (QED) is 0.712. The fourth-order valence-corrected chi connectivity index (χ4v) is 3.37. The van der Waals surface area contributed by atoms with Crippen molar-refractivity contribution < 1.29 is 18.9 Å². The number of aromatic nitrogens is 1. The third-order valence-corrected chi connectivity index (χ3v) is 4.86. The summed E-state index contributed by atoms with van der Waals surface area (Å²) >= 11 is 0. The largest absolute Gasteiger partial charge is 0.370 e. The fourth-order valence-electron chi connectivity index (χ4n) is 3.37. The summed E-state index contributed by atoms with van der Waals surface area (Å²) in [7, 11) is 2.09. The van der Waals surface area contributed by atoms with Crippen molar-refractivity contribution in [1.29, 1.82) is 0 Å². The van der Waals surface area contributed by atoms with E-state index in [2.05, 4.69) is 29.9 Å². The minimum absolute atomic E-state index is 0.149. The van der Waals surface area contributed by atoms with E-state index in [1.165, 1.54) is 16.7 Å². The average Bonchev–Trinajstić information content (AvgIpc) is 2.99. The van der Waals surface area contributed by atoms with Gasteiger partial charge in [0.2, 0.25) is 0 Å². The third-order valence-electron chi connectivity index (χ3n) is 4.86. The highest BCUT2D eigenvalue weighted by Crippen LogP contribution is 2.02. The molecule has 2 N–H and O–H groups in total. The number of nitrogens with one attached hydrogen (secondary N) is 2. The van der Waals surface area contributed by atoms with Crippen LogP contribution in [0.3, 0.4) is 0 Å². The number of morpholine rings is 1. The van der Waals surface area contributed by atoms with Crippen molar-refractivity contribution in [3.63, 3.8) is 0 Å². The summed E-state index contributed by atoms with van der Waals surface area (Å²) in [4.78, 5) is 3.09. The van der Waals surface area contributed by atoms with Crippen LogP contribution in [-0.4, -0.2) is 44.0 Å². The van der Waals surface area contributed by atoms with Crippen LogP contribution in [-0.2, 0) is 24.9 Å². The van der Waals surface area contributed by atoms with Crippen LogP contribution in [0.25, 0.3) is 0 Å². The summed E-state index contributed by atoms with van der Waals surface area (Å²) in [6.45, 7) is 7.96. The van der Waals surface area contributed by atoms with E-state index in [0.717, 1.165) is 58.0 Å². The molecule has 1 atom stereocenters. The van der Waals surface area contributed by atoms with Gasteiger partial charge in [0.25, 0.3) is 0 Å². The number of hydrogen-bond donors (Lipinski definition) is 2. The van der Waals surface area contributed by atoms with Gasteiger partial charge < -0.3 is 19.1 Å². The summed E-state index contributed by atoms with van der Waals surface area (Å²) in [6.07, 6.45) is 2.09. The van der Waals surface area contributed by atoms with Crippen LogP contribution in [0.5, 0.6) is 0 Å². The lowest BCUT2D eigenvalue weighted by atomic mass is 10.2. The number of halogens is 1. The zero-order valence-electron chi connectivity index (χ0n) is 14.4. The molecule has 1 aromatic heterocycles. The highest BCUT2D eigenvalue weighted by atomic mass is 19.1. The minimum atomic E-state index is -0.149. The van der Waals surface area contributed by atoms with Gasteiger partial charge in [0.15, 0.2) is 0 Å². The molecule has 2 aromatic rings. The molecule has 3 rings (SSSR count). The zero-order chi connectivity index (χ0) is 16.8. The summed E-state index contributed by atoms with van der Waals surface area (Å²) in [5.41, 5.74) is 2.38. The van der Waals surface area contributed by atoms with E-state index in [4.69, 9.17) is 4.74 Å². The standard InChI is InChI=1S/C19H26FN3O/c1-21-7-3-6-19(21)16-23(9-8-22-10-12-24-13-11-22)15-17-4-2-5-18(20)14-17/h2-7,14H,8-13,15-16H2,1H3/p+2. The highest BCUT2D eigenvalue weighted by Gasteiger charge is 2.19. The monoisotopic (exact) mass is 333 g/mol. The number of nitrogens with zero attached hydrogens (tertiary/aromatic N) is 1. The molecule has 1 aliphatic rings. The molecule has 0 aliphatic carbocycles. The lowest BCUT2D eigenvalue weighted by molar-refractivity contribution is -0.975. The Morgan fingerprint density at radius 2 is 2.00 bits per heavy atom. The highest BCUT2D eigenvalue weighted by molar-refractivity contribution is 5.15. The average molecular weight is 333 g/mol. The van der Waals surface area contributed by atoms with Gasteiger partial charge in [0.1, 0.15) is 45.1 Å². The number of benzene rings is 1. The first-order valence-corrected chi connectivity index (χ1v) is 8.80. The van der Waals surface area contributed by atoms with Crippen LogP contribution in [0.2, 0.25) is 0 Å². The first kappa shape index (κ1) is 17.1. The fraction of sp³-hybridized carbons (Fsp3) is 0.474. The van der Waals surface area contributed by atoms with Gasteiger partial charge >= 0.3 is 0 Å². The van der Waals surface area contributed by atoms with Gasteiger partial charge in [0, 0.05) is 18.8 Å². The summed E-state index contributed by atoms with van der Waals surface area (Å²) in [5, 5.41) is 0. The van der Waals surface area contributed by atoms with E-state index in [-0.39, 0.29) is 5.82 Å². The van der Waals surface area contributed by atoms with Crippen LogP contribution >= 0.6 is 0 Å². The zero-order valence-corrected chi connectivity index (χ0v) is 14.4. The Morgan fingerprint density at radius 1 is 1.17 bits per heavy atom. The maximum Gasteiger partial charge on any atom is 0.127 e. The molecular weight excluding hydrogens is 305 g/mol. The Balaban J connectivity index is 1.64. The molecule has 1 aliphatic heterocycles. The minimum Gasteiger partial charge on any atom is -0.370 e. The van der Waals surface area contributed by atoms with Gasteiger partial charge in [0.05, 0.1) is 18.9 Å². The molecule has 1 fully saturated rings. The van der Waals surface area contributed by atoms with E-state index in [1.807, 2.05) is 6.07 Å². The molecule has 2 heterocycles. The smallest absolute Gasteiger partial charge is 0.127 e. The van der Waals surface area contributed by atoms with Gasteiger partial charge in [-0.05, 0) is 24.3 Å². The lowest BCUT2D eigenvalue weighted by Gasteiger charge is -2.26. The van der Waals surface area contributed by atoms with E-state index < -0.39 is 0 Å². The van der Waals surface area contributed by atoms with Crippen molar-refractivity contribution in [2.24, 2.45) is 7.05 Å². The molecule has 0 spiro atoms. The van der Waals surface area contributed by atoms with Crippen molar-refractivity contribution in [2.75, 3.05) is 39.4 Å². The van der Waals surface area contributed by atoms with E-state index in [9.17, 15) is 4.39 Å². The molecule has 24 heavy (non-hydrogen) atoms. The van der Waals surface area contributed by atoms with Crippen molar-refractivity contribution >= 4 is 0 Å². The number of hydrogen-bond acceptors (Lipinski definition) is 1. The van der Waals surface area contributed by atoms with Crippen LogP contribution in [0, 0.1) is 5.82 Å². The summed E-state index contributed by atoms with van der Waals surface area (Å²) in [5.74, 6) is -0.149. The second-order valence-corrected chi connectivity index (χ2v) is 6.71. The first-order valence-electron chi connectivity index (χ1n) is 8.80. The number of ether oxygens (including phenoxy) is 1. The molecule has 1 aromatic carbocycles. The van der Waals surface area contributed by atoms with Gasteiger partial charge in [-0.2, -0.15) is 0 Å². The Kier molecular flexibility index (Phi) is 6.01. The third kappa shape index (κ3) is 4.90. The predicted molar refractivity (Wildman–Crippen MR) is 91.4 cm³/mol. The van der Waals surface area contributed by atoms with Crippen molar-refractivity contribution in [3.8, 4) is 0 Å². The molecule has 5 heteroatoms.